The average Bonchev–Trinajstić information content (AvgIpc) is 3.21. The summed E-state index contributed by atoms with van der Waals surface area (Å²) >= 11 is 1.23. The minimum atomic E-state index is -3.59. The monoisotopic (exact) mass is 477 g/mol. The van der Waals surface area contributed by atoms with Crippen LogP contribution in [0.25, 0.3) is 10.2 Å². The number of carbonyl (C=O) groups excluding carboxylic acids is 1. The Kier molecular flexibility index (Phi) is 7.97. The first-order valence-corrected chi connectivity index (χ1v) is 13.1. The van der Waals surface area contributed by atoms with E-state index in [1.165, 1.54) is 22.3 Å². The molecule has 1 aromatic heterocycles. The number of nitrogens with zero attached hydrogens (tertiary/aromatic N) is 3. The summed E-state index contributed by atoms with van der Waals surface area (Å²) in [5.41, 5.74) is 1.19. The second-order valence-electron chi connectivity index (χ2n) is 7.54. The number of aryl methyl sites for hydroxylation is 1. The van der Waals surface area contributed by atoms with Gasteiger partial charge in [-0.2, -0.15) is 0 Å². The second kappa shape index (κ2) is 10.5. The van der Waals surface area contributed by atoms with Crippen LogP contribution >= 0.6 is 11.3 Å². The van der Waals surface area contributed by atoms with Crippen molar-refractivity contribution in [3.05, 3.63) is 53.8 Å². The predicted octanol–water partition coefficient (Wildman–Crippen LogP) is 4.28. The van der Waals surface area contributed by atoms with Crippen LogP contribution in [0.1, 0.15) is 25.8 Å². The van der Waals surface area contributed by atoms with Gasteiger partial charge in [0.2, 0.25) is 5.91 Å². The standard InChI is InChI=1S/C23H28FN3O3S2/c1-4-26(5-2)14-15-27(23-25-22-19(24)7-6-8-20(22)31-23)21(28)13-16-32(29,30)18-11-9-17(3)10-12-18/h6-12H,4-5,13-16H2,1-3H3. The maximum Gasteiger partial charge on any atom is 0.229 e. The number of hydrogen-bond donors (Lipinski definition) is 0. The van der Waals surface area contributed by atoms with Gasteiger partial charge in [0.1, 0.15) is 11.3 Å². The molecule has 0 atom stereocenters. The van der Waals surface area contributed by atoms with Gasteiger partial charge in [-0.15, -0.1) is 0 Å². The van der Waals surface area contributed by atoms with Gasteiger partial charge in [0.05, 0.1) is 15.3 Å². The average molecular weight is 478 g/mol. The molecule has 0 aliphatic rings. The van der Waals surface area contributed by atoms with Crippen LogP contribution < -0.4 is 4.90 Å². The summed E-state index contributed by atoms with van der Waals surface area (Å²) in [7, 11) is -3.59. The number of hydrogen-bond acceptors (Lipinski definition) is 6. The van der Waals surface area contributed by atoms with Crippen molar-refractivity contribution in [2.75, 3.05) is 36.8 Å². The zero-order valence-electron chi connectivity index (χ0n) is 18.5. The van der Waals surface area contributed by atoms with Crippen LogP contribution in [0.15, 0.2) is 47.4 Å². The number of aromatic nitrogens is 1. The van der Waals surface area contributed by atoms with Gasteiger partial charge in [0.25, 0.3) is 0 Å². The smallest absolute Gasteiger partial charge is 0.229 e. The molecule has 32 heavy (non-hydrogen) atoms. The van der Waals surface area contributed by atoms with Gasteiger partial charge in [-0.3, -0.25) is 9.69 Å². The fourth-order valence-corrected chi connectivity index (χ4v) is 5.60. The lowest BCUT2D eigenvalue weighted by Crippen LogP contribution is -2.39. The molecule has 0 fully saturated rings. The fourth-order valence-electron chi connectivity index (χ4n) is 3.35. The molecular weight excluding hydrogens is 449 g/mol. The van der Waals surface area contributed by atoms with Crippen molar-refractivity contribution in [2.45, 2.75) is 32.1 Å². The first-order chi connectivity index (χ1) is 15.2. The summed E-state index contributed by atoms with van der Waals surface area (Å²) in [6, 6.07) is 11.3. The number of likely N-dealkylation sites (N-methyl/N-ethyl adjacent to an activating group) is 1. The Morgan fingerprint density at radius 3 is 2.38 bits per heavy atom. The number of amides is 1. The highest BCUT2D eigenvalue weighted by Gasteiger charge is 2.24. The first kappa shape index (κ1) is 24.3. The lowest BCUT2D eigenvalue weighted by molar-refractivity contribution is -0.118. The molecule has 172 valence electrons. The van der Waals surface area contributed by atoms with Gasteiger partial charge in [0, 0.05) is 19.5 Å². The van der Waals surface area contributed by atoms with Crippen LogP contribution in [-0.2, 0) is 14.6 Å². The van der Waals surface area contributed by atoms with E-state index in [-0.39, 0.29) is 28.5 Å². The van der Waals surface area contributed by atoms with Crippen molar-refractivity contribution in [2.24, 2.45) is 0 Å². The van der Waals surface area contributed by atoms with Crippen LogP contribution in [0.5, 0.6) is 0 Å². The number of fused-ring (bicyclic) bond motifs is 1. The topological polar surface area (TPSA) is 70.6 Å². The van der Waals surface area contributed by atoms with E-state index in [1.807, 2.05) is 20.8 Å². The predicted molar refractivity (Wildman–Crippen MR) is 128 cm³/mol. The molecule has 0 unspecified atom stereocenters. The van der Waals surface area contributed by atoms with Gasteiger partial charge in [-0.25, -0.2) is 17.8 Å². The Morgan fingerprint density at radius 1 is 1.06 bits per heavy atom. The van der Waals surface area contributed by atoms with Crippen molar-refractivity contribution < 1.29 is 17.6 Å². The number of para-hydroxylation sites is 1. The summed E-state index contributed by atoms with van der Waals surface area (Å²) < 4.78 is 40.2. The number of sulfone groups is 1. The Labute approximate surface area is 192 Å². The van der Waals surface area contributed by atoms with Crippen LogP contribution in [0.3, 0.4) is 0 Å². The van der Waals surface area contributed by atoms with E-state index in [9.17, 15) is 17.6 Å². The molecular formula is C23H28FN3O3S2. The van der Waals surface area contributed by atoms with Crippen LogP contribution in [-0.4, -0.2) is 56.1 Å². The van der Waals surface area contributed by atoms with Crippen LogP contribution in [0.4, 0.5) is 9.52 Å². The minimum absolute atomic E-state index is 0.174. The Hall–Kier alpha value is -2.36. The van der Waals surface area contributed by atoms with E-state index >= 15 is 0 Å². The molecule has 0 aliphatic carbocycles. The maximum absolute atomic E-state index is 14.2. The Bertz CT molecular complexity index is 1170. The molecule has 3 rings (SSSR count). The van der Waals surface area contributed by atoms with E-state index in [0.29, 0.717) is 22.9 Å². The van der Waals surface area contributed by atoms with E-state index in [2.05, 4.69) is 9.88 Å². The minimum Gasteiger partial charge on any atom is -0.302 e. The van der Waals surface area contributed by atoms with Crippen molar-refractivity contribution in [1.82, 2.24) is 9.88 Å². The molecule has 0 saturated heterocycles. The largest absolute Gasteiger partial charge is 0.302 e. The molecule has 9 heteroatoms. The first-order valence-electron chi connectivity index (χ1n) is 10.6. The van der Waals surface area contributed by atoms with Crippen molar-refractivity contribution in [1.29, 1.82) is 0 Å². The normalized spacial score (nSPS) is 11.9. The molecule has 2 aromatic carbocycles. The number of thiazole rings is 1. The van der Waals surface area contributed by atoms with Crippen molar-refractivity contribution in [3.8, 4) is 0 Å². The lowest BCUT2D eigenvalue weighted by Gasteiger charge is -2.24. The molecule has 1 heterocycles. The summed E-state index contributed by atoms with van der Waals surface area (Å²) in [5.74, 6) is -1.08. The van der Waals surface area contributed by atoms with Gasteiger partial charge in [0.15, 0.2) is 15.0 Å². The third-order valence-electron chi connectivity index (χ3n) is 5.39. The molecule has 0 saturated carbocycles. The molecule has 3 aromatic rings. The maximum atomic E-state index is 14.2. The van der Waals surface area contributed by atoms with Gasteiger partial charge >= 0.3 is 0 Å². The summed E-state index contributed by atoms with van der Waals surface area (Å²) in [6.45, 7) is 8.58. The van der Waals surface area contributed by atoms with Crippen LogP contribution in [0, 0.1) is 12.7 Å². The number of rotatable bonds is 10. The number of halogens is 1. The summed E-state index contributed by atoms with van der Waals surface area (Å²) in [6.07, 6.45) is -0.174. The van der Waals surface area contributed by atoms with Crippen molar-refractivity contribution >= 4 is 42.4 Å². The van der Waals surface area contributed by atoms with Crippen LogP contribution in [0.2, 0.25) is 0 Å². The molecule has 6 nitrogen and oxygen atoms in total. The van der Waals surface area contributed by atoms with Gasteiger partial charge in [-0.05, 0) is 44.3 Å². The van der Waals surface area contributed by atoms with E-state index in [1.54, 1.807) is 36.4 Å². The SMILES string of the molecule is CCN(CC)CCN(C(=O)CCS(=O)(=O)c1ccc(C)cc1)c1nc2c(F)cccc2s1. The molecule has 0 N–H and O–H groups in total. The molecule has 0 radical (unpaired) electrons. The number of carbonyl (C=O) groups is 1. The number of benzene rings is 2. The third kappa shape index (κ3) is 5.70. The summed E-state index contributed by atoms with van der Waals surface area (Å²) in [4.78, 5) is 21.4. The van der Waals surface area contributed by atoms with Gasteiger partial charge < -0.3 is 4.90 Å². The molecule has 0 bridgehead atoms. The van der Waals surface area contributed by atoms with Gasteiger partial charge in [-0.1, -0.05) is 48.9 Å². The molecule has 0 aliphatic heterocycles. The summed E-state index contributed by atoms with van der Waals surface area (Å²) in [5, 5.41) is 0.384. The molecule has 0 spiro atoms. The fraction of sp³-hybridized carbons (Fsp3) is 0.391. The quantitative estimate of drug-likeness (QED) is 0.436. The number of anilines is 1. The Morgan fingerprint density at radius 2 is 1.75 bits per heavy atom. The second-order valence-corrected chi connectivity index (χ2v) is 10.7. The highest BCUT2D eigenvalue weighted by molar-refractivity contribution is 7.91. The highest BCUT2D eigenvalue weighted by atomic mass is 32.2. The Balaban J connectivity index is 1.82. The third-order valence-corrected chi connectivity index (χ3v) is 8.17. The zero-order valence-corrected chi connectivity index (χ0v) is 20.2. The molecule has 1 amide bonds. The van der Waals surface area contributed by atoms with E-state index in [0.717, 1.165) is 18.7 Å². The highest BCUT2D eigenvalue weighted by Crippen LogP contribution is 2.30. The van der Waals surface area contributed by atoms with E-state index in [4.69, 9.17) is 0 Å². The van der Waals surface area contributed by atoms with E-state index < -0.39 is 15.7 Å². The van der Waals surface area contributed by atoms with Crippen molar-refractivity contribution in [3.63, 3.8) is 0 Å². The lowest BCUT2D eigenvalue weighted by atomic mass is 10.2. The zero-order chi connectivity index (χ0) is 23.3.